The Kier molecular flexibility index (Phi) is 5.37. The highest BCUT2D eigenvalue weighted by atomic mass is 32.1. The van der Waals surface area contributed by atoms with Crippen LogP contribution in [0, 0.1) is 23.7 Å². The van der Waals surface area contributed by atoms with Crippen LogP contribution in [0.2, 0.25) is 0 Å². The molecule has 0 aliphatic rings. The summed E-state index contributed by atoms with van der Waals surface area (Å²) in [6.07, 6.45) is 2.53. The lowest BCUT2D eigenvalue weighted by atomic mass is 9.89. The number of ether oxygens (including phenoxy) is 1. The predicted molar refractivity (Wildman–Crippen MR) is 74.8 cm³/mol. The monoisotopic (exact) mass is 281 g/mol. The van der Waals surface area contributed by atoms with Crippen LogP contribution in [0.25, 0.3) is 0 Å². The Morgan fingerprint density at radius 1 is 1.53 bits per heavy atom. The van der Waals surface area contributed by atoms with Crippen LogP contribution in [0.4, 0.5) is 0 Å². The summed E-state index contributed by atoms with van der Waals surface area (Å²) in [7, 11) is 0. The van der Waals surface area contributed by atoms with E-state index in [4.69, 9.17) is 15.1 Å². The van der Waals surface area contributed by atoms with Gasteiger partial charge in [-0.15, -0.1) is 11.3 Å². The van der Waals surface area contributed by atoms with E-state index in [0.717, 1.165) is 24.1 Å². The molecule has 0 spiro atoms. The highest BCUT2D eigenvalue weighted by Crippen LogP contribution is 2.29. The smallest absolute Gasteiger partial charge is 0.349 e. The molecule has 0 unspecified atom stereocenters. The summed E-state index contributed by atoms with van der Waals surface area (Å²) in [6.45, 7) is 6.18. The van der Waals surface area contributed by atoms with E-state index in [0.29, 0.717) is 12.4 Å². The maximum Gasteiger partial charge on any atom is 0.349 e. The van der Waals surface area contributed by atoms with Gasteiger partial charge in [0.25, 0.3) is 0 Å². The molecule has 1 N–H and O–H groups in total. The van der Waals surface area contributed by atoms with E-state index in [9.17, 15) is 4.79 Å². The van der Waals surface area contributed by atoms with Gasteiger partial charge in [0.2, 0.25) is 0 Å². The number of thiophene rings is 1. The average molecular weight is 281 g/mol. The minimum atomic E-state index is -0.946. The number of carboxylic acids is 1. The quantitative estimate of drug-likeness (QED) is 0.770. The topological polar surface area (TPSA) is 70.3 Å². The zero-order chi connectivity index (χ0) is 14.5. The fraction of sp³-hybridized carbons (Fsp3) is 0.571. The molecule has 1 aromatic rings. The van der Waals surface area contributed by atoms with Gasteiger partial charge in [0.1, 0.15) is 5.75 Å². The highest BCUT2D eigenvalue weighted by molar-refractivity contribution is 7.14. The molecule has 0 bridgehead atoms. The Morgan fingerprint density at radius 3 is 2.79 bits per heavy atom. The van der Waals surface area contributed by atoms with E-state index >= 15 is 0 Å². The first-order valence-corrected chi connectivity index (χ1v) is 7.05. The molecular formula is C14H19NO3S. The van der Waals surface area contributed by atoms with Crippen molar-refractivity contribution in [1.82, 2.24) is 0 Å². The summed E-state index contributed by atoms with van der Waals surface area (Å²) in [6, 6.07) is 4.02. The van der Waals surface area contributed by atoms with Crippen molar-refractivity contribution < 1.29 is 14.6 Å². The molecule has 0 aromatic carbocycles. The molecule has 1 heterocycles. The SMILES string of the molecule is Cc1cc(OCCCCC(C)(C)C#N)c(C(=O)O)s1. The minimum absolute atomic E-state index is 0.259. The van der Waals surface area contributed by atoms with Crippen LogP contribution in [0.15, 0.2) is 6.07 Å². The molecule has 4 nitrogen and oxygen atoms in total. The standard InChI is InChI=1S/C14H19NO3S/c1-10-8-11(12(19-10)13(16)17)18-7-5-4-6-14(2,3)9-15/h8H,4-7H2,1-3H3,(H,16,17). The number of aromatic carboxylic acids is 1. The second kappa shape index (κ2) is 6.58. The van der Waals surface area contributed by atoms with Crippen LogP contribution < -0.4 is 4.74 Å². The predicted octanol–water partition coefficient (Wildman–Crippen LogP) is 3.85. The van der Waals surface area contributed by atoms with Crippen LogP contribution in [0.3, 0.4) is 0 Å². The Morgan fingerprint density at radius 2 is 2.21 bits per heavy atom. The number of hydrogen-bond acceptors (Lipinski definition) is 4. The molecule has 0 atom stereocenters. The normalized spacial score (nSPS) is 11.1. The third kappa shape index (κ3) is 4.92. The number of rotatable bonds is 7. The molecule has 0 aliphatic heterocycles. The average Bonchev–Trinajstić information content (AvgIpc) is 2.70. The van der Waals surface area contributed by atoms with E-state index in [1.54, 1.807) is 6.07 Å². The summed E-state index contributed by atoms with van der Waals surface area (Å²) in [5.41, 5.74) is -0.300. The van der Waals surface area contributed by atoms with Gasteiger partial charge >= 0.3 is 5.97 Å². The zero-order valence-corrected chi connectivity index (χ0v) is 12.3. The van der Waals surface area contributed by atoms with Gasteiger partial charge in [-0.1, -0.05) is 0 Å². The summed E-state index contributed by atoms with van der Waals surface area (Å²) in [4.78, 5) is 12.2. The van der Waals surface area contributed by atoms with Crippen molar-refractivity contribution in [1.29, 1.82) is 5.26 Å². The molecule has 19 heavy (non-hydrogen) atoms. The van der Waals surface area contributed by atoms with E-state index < -0.39 is 5.97 Å². The maximum absolute atomic E-state index is 11.0. The van der Waals surface area contributed by atoms with E-state index in [2.05, 4.69) is 6.07 Å². The lowest BCUT2D eigenvalue weighted by Crippen LogP contribution is -2.08. The Labute approximate surface area is 117 Å². The summed E-state index contributed by atoms with van der Waals surface area (Å²) in [5, 5.41) is 17.9. The Balaban J connectivity index is 2.38. The van der Waals surface area contributed by atoms with E-state index in [-0.39, 0.29) is 10.3 Å². The van der Waals surface area contributed by atoms with Gasteiger partial charge in [0, 0.05) is 4.88 Å². The van der Waals surface area contributed by atoms with Gasteiger partial charge in [-0.2, -0.15) is 5.26 Å². The number of carbonyl (C=O) groups is 1. The van der Waals surface area contributed by atoms with Gasteiger partial charge in [-0.05, 0) is 46.1 Å². The molecule has 1 rings (SSSR count). The number of unbranched alkanes of at least 4 members (excludes halogenated alkanes) is 1. The van der Waals surface area contributed by atoms with Crippen LogP contribution in [-0.4, -0.2) is 17.7 Å². The summed E-state index contributed by atoms with van der Waals surface area (Å²) < 4.78 is 5.51. The molecule has 0 saturated carbocycles. The van der Waals surface area contributed by atoms with Crippen molar-refractivity contribution in [3.05, 3.63) is 15.8 Å². The number of carboxylic acid groups (broad SMARTS) is 1. The Hall–Kier alpha value is -1.54. The third-order valence-corrected chi connectivity index (χ3v) is 3.79. The minimum Gasteiger partial charge on any atom is -0.492 e. The molecule has 1 aromatic heterocycles. The Bertz CT molecular complexity index is 485. The van der Waals surface area contributed by atoms with Crippen LogP contribution in [-0.2, 0) is 0 Å². The van der Waals surface area contributed by atoms with Gasteiger partial charge in [-0.25, -0.2) is 4.79 Å². The largest absolute Gasteiger partial charge is 0.492 e. The first kappa shape index (κ1) is 15.5. The molecule has 0 fully saturated rings. The first-order chi connectivity index (χ1) is 8.85. The number of nitrogens with zero attached hydrogens (tertiary/aromatic N) is 1. The van der Waals surface area contributed by atoms with Crippen molar-refractivity contribution in [2.75, 3.05) is 6.61 Å². The van der Waals surface area contributed by atoms with E-state index in [1.807, 2.05) is 20.8 Å². The van der Waals surface area contributed by atoms with Gasteiger partial charge < -0.3 is 9.84 Å². The van der Waals surface area contributed by atoms with Gasteiger partial charge in [0.05, 0.1) is 18.1 Å². The molecule has 104 valence electrons. The van der Waals surface area contributed by atoms with Crippen molar-refractivity contribution >= 4 is 17.3 Å². The third-order valence-electron chi connectivity index (χ3n) is 2.77. The number of aryl methyl sites for hydroxylation is 1. The number of hydrogen-bond donors (Lipinski definition) is 1. The fourth-order valence-electron chi connectivity index (χ4n) is 1.65. The first-order valence-electron chi connectivity index (χ1n) is 6.23. The second-order valence-corrected chi connectivity index (χ2v) is 6.41. The molecule has 0 amide bonds. The molecule has 0 radical (unpaired) electrons. The second-order valence-electron chi connectivity index (χ2n) is 5.16. The van der Waals surface area contributed by atoms with Crippen molar-refractivity contribution in [2.24, 2.45) is 5.41 Å². The molecule has 5 heteroatoms. The highest BCUT2D eigenvalue weighted by Gasteiger charge is 2.17. The molecular weight excluding hydrogens is 262 g/mol. The van der Waals surface area contributed by atoms with E-state index in [1.165, 1.54) is 11.3 Å². The zero-order valence-electron chi connectivity index (χ0n) is 11.5. The molecule has 0 saturated heterocycles. The summed E-state index contributed by atoms with van der Waals surface area (Å²) in [5.74, 6) is -0.492. The number of nitriles is 1. The van der Waals surface area contributed by atoms with Crippen LogP contribution in [0.1, 0.15) is 47.7 Å². The van der Waals surface area contributed by atoms with Crippen molar-refractivity contribution in [2.45, 2.75) is 40.0 Å². The fourth-order valence-corrected chi connectivity index (χ4v) is 2.45. The lowest BCUT2D eigenvalue weighted by Gasteiger charge is -2.14. The lowest BCUT2D eigenvalue weighted by molar-refractivity contribution is 0.0698. The summed E-state index contributed by atoms with van der Waals surface area (Å²) >= 11 is 1.23. The van der Waals surface area contributed by atoms with Crippen molar-refractivity contribution in [3.63, 3.8) is 0 Å². The maximum atomic E-state index is 11.0. The van der Waals surface area contributed by atoms with Gasteiger partial charge in [-0.3, -0.25) is 0 Å². The van der Waals surface area contributed by atoms with Crippen molar-refractivity contribution in [3.8, 4) is 11.8 Å². The van der Waals surface area contributed by atoms with Gasteiger partial charge in [0.15, 0.2) is 4.88 Å². The van der Waals surface area contributed by atoms with Crippen LogP contribution in [0.5, 0.6) is 5.75 Å². The van der Waals surface area contributed by atoms with Crippen LogP contribution >= 0.6 is 11.3 Å². The molecule has 0 aliphatic carbocycles.